The SMILES string of the molecule is OC(c1[nH]nc2ccccc12)C(F)(F)F. The van der Waals surface area contributed by atoms with Crippen molar-refractivity contribution < 1.29 is 18.3 Å². The highest BCUT2D eigenvalue weighted by Gasteiger charge is 2.41. The zero-order chi connectivity index (χ0) is 11.1. The first-order valence-electron chi connectivity index (χ1n) is 4.18. The number of para-hydroxylation sites is 1. The van der Waals surface area contributed by atoms with Gasteiger partial charge in [-0.25, -0.2) is 0 Å². The van der Waals surface area contributed by atoms with E-state index in [9.17, 15) is 13.2 Å². The largest absolute Gasteiger partial charge is 0.420 e. The lowest BCUT2D eigenvalue weighted by atomic mass is 10.1. The molecule has 1 atom stereocenters. The van der Waals surface area contributed by atoms with Gasteiger partial charge >= 0.3 is 6.18 Å². The van der Waals surface area contributed by atoms with Crippen molar-refractivity contribution in [1.82, 2.24) is 10.2 Å². The summed E-state index contributed by atoms with van der Waals surface area (Å²) in [5, 5.41) is 15.2. The average molecular weight is 216 g/mol. The Morgan fingerprint density at radius 3 is 2.60 bits per heavy atom. The summed E-state index contributed by atoms with van der Waals surface area (Å²) in [4.78, 5) is 0. The lowest BCUT2D eigenvalue weighted by Gasteiger charge is -2.12. The van der Waals surface area contributed by atoms with Gasteiger partial charge in [-0.2, -0.15) is 18.3 Å². The van der Waals surface area contributed by atoms with Gasteiger partial charge in [0, 0.05) is 5.39 Å². The van der Waals surface area contributed by atoms with Crippen LogP contribution >= 0.6 is 0 Å². The topological polar surface area (TPSA) is 48.9 Å². The average Bonchev–Trinajstić information content (AvgIpc) is 2.58. The number of aromatic amines is 1. The van der Waals surface area contributed by atoms with Gasteiger partial charge < -0.3 is 5.11 Å². The van der Waals surface area contributed by atoms with Crippen LogP contribution in [0.5, 0.6) is 0 Å². The number of fused-ring (bicyclic) bond motifs is 1. The first-order chi connectivity index (χ1) is 7.00. The Balaban J connectivity index is 2.53. The molecule has 1 aromatic carbocycles. The van der Waals surface area contributed by atoms with Crippen LogP contribution in [0, 0.1) is 0 Å². The van der Waals surface area contributed by atoms with E-state index in [-0.39, 0.29) is 11.1 Å². The van der Waals surface area contributed by atoms with E-state index >= 15 is 0 Å². The van der Waals surface area contributed by atoms with E-state index in [1.165, 1.54) is 6.07 Å². The zero-order valence-corrected chi connectivity index (χ0v) is 7.42. The van der Waals surface area contributed by atoms with E-state index in [2.05, 4.69) is 10.2 Å². The molecule has 0 saturated carbocycles. The van der Waals surface area contributed by atoms with Gasteiger partial charge in [0.25, 0.3) is 0 Å². The van der Waals surface area contributed by atoms with Gasteiger partial charge in [-0.3, -0.25) is 5.10 Å². The summed E-state index contributed by atoms with van der Waals surface area (Å²) < 4.78 is 36.7. The lowest BCUT2D eigenvalue weighted by molar-refractivity contribution is -0.207. The fraction of sp³-hybridized carbons (Fsp3) is 0.222. The standard InChI is InChI=1S/C9H7F3N2O/c10-9(11,12)8(15)7-5-3-1-2-4-6(5)13-14-7/h1-4,8,15H,(H,13,14). The quantitative estimate of drug-likeness (QED) is 0.767. The van der Waals surface area contributed by atoms with E-state index in [0.717, 1.165) is 0 Å². The Bertz CT molecular complexity index is 477. The van der Waals surface area contributed by atoms with Gasteiger partial charge in [0.1, 0.15) is 0 Å². The maximum atomic E-state index is 12.2. The monoisotopic (exact) mass is 216 g/mol. The van der Waals surface area contributed by atoms with Crippen molar-refractivity contribution in [3.8, 4) is 0 Å². The zero-order valence-electron chi connectivity index (χ0n) is 7.42. The fourth-order valence-corrected chi connectivity index (χ4v) is 1.35. The molecule has 1 unspecified atom stereocenters. The molecule has 1 heterocycles. The van der Waals surface area contributed by atoms with Crippen molar-refractivity contribution >= 4 is 10.9 Å². The molecule has 2 N–H and O–H groups in total. The number of nitrogens with zero attached hydrogens (tertiary/aromatic N) is 1. The number of alkyl halides is 3. The minimum absolute atomic E-state index is 0.280. The predicted molar refractivity (Wildman–Crippen MR) is 47.1 cm³/mol. The second-order valence-corrected chi connectivity index (χ2v) is 3.10. The van der Waals surface area contributed by atoms with Gasteiger partial charge in [-0.15, -0.1) is 0 Å². The summed E-state index contributed by atoms with van der Waals surface area (Å²) in [5.74, 6) is 0. The van der Waals surface area contributed by atoms with E-state index in [1.807, 2.05) is 0 Å². The normalized spacial score (nSPS) is 14.4. The van der Waals surface area contributed by atoms with Gasteiger partial charge in [0.05, 0.1) is 11.2 Å². The van der Waals surface area contributed by atoms with Crippen LogP contribution in [0.25, 0.3) is 10.9 Å². The summed E-state index contributed by atoms with van der Waals surface area (Å²) >= 11 is 0. The third-order valence-corrected chi connectivity index (χ3v) is 2.07. The van der Waals surface area contributed by atoms with Gasteiger partial charge in [0.2, 0.25) is 0 Å². The minimum atomic E-state index is -4.69. The maximum Gasteiger partial charge on any atom is 0.420 e. The second kappa shape index (κ2) is 3.23. The van der Waals surface area contributed by atoms with Crippen molar-refractivity contribution in [2.75, 3.05) is 0 Å². The Labute approximate surface area is 82.5 Å². The Morgan fingerprint density at radius 2 is 1.93 bits per heavy atom. The fourth-order valence-electron chi connectivity index (χ4n) is 1.35. The van der Waals surface area contributed by atoms with Crippen LogP contribution in [-0.4, -0.2) is 21.5 Å². The smallest absolute Gasteiger partial charge is 0.378 e. The lowest BCUT2D eigenvalue weighted by Crippen LogP contribution is -2.20. The van der Waals surface area contributed by atoms with Crippen LogP contribution in [0.2, 0.25) is 0 Å². The van der Waals surface area contributed by atoms with E-state index in [1.54, 1.807) is 18.2 Å². The second-order valence-electron chi connectivity index (χ2n) is 3.10. The van der Waals surface area contributed by atoms with Crippen molar-refractivity contribution in [3.63, 3.8) is 0 Å². The molecule has 0 radical (unpaired) electrons. The molecular weight excluding hydrogens is 209 g/mol. The molecule has 0 aliphatic rings. The molecule has 1 aromatic heterocycles. The Kier molecular flexibility index (Phi) is 2.15. The Hall–Kier alpha value is -1.56. The molecular formula is C9H7F3N2O. The molecule has 0 bridgehead atoms. The first kappa shape index (κ1) is 9.97. The number of aromatic nitrogens is 2. The molecule has 0 fully saturated rings. The molecule has 0 saturated heterocycles. The van der Waals surface area contributed by atoms with Crippen LogP contribution in [0.1, 0.15) is 11.8 Å². The maximum absolute atomic E-state index is 12.2. The van der Waals surface area contributed by atoms with Crippen LogP contribution in [0.3, 0.4) is 0 Å². The van der Waals surface area contributed by atoms with Crippen molar-refractivity contribution in [2.45, 2.75) is 12.3 Å². The van der Waals surface area contributed by atoms with Crippen molar-refractivity contribution in [3.05, 3.63) is 30.0 Å². The highest BCUT2D eigenvalue weighted by molar-refractivity contribution is 5.81. The number of benzene rings is 1. The number of aliphatic hydroxyl groups excluding tert-OH is 1. The number of hydrogen-bond acceptors (Lipinski definition) is 2. The molecule has 80 valence electrons. The van der Waals surface area contributed by atoms with E-state index in [0.29, 0.717) is 5.52 Å². The highest BCUT2D eigenvalue weighted by Crippen LogP contribution is 2.34. The van der Waals surface area contributed by atoms with Crippen LogP contribution in [0.15, 0.2) is 24.3 Å². The number of halogens is 3. The summed E-state index contributed by atoms with van der Waals surface area (Å²) in [5.41, 5.74) is 0.0777. The number of aliphatic hydroxyl groups is 1. The van der Waals surface area contributed by atoms with Crippen LogP contribution in [-0.2, 0) is 0 Å². The third-order valence-electron chi connectivity index (χ3n) is 2.07. The number of nitrogens with one attached hydrogen (secondary N) is 1. The van der Waals surface area contributed by atoms with Gasteiger partial charge in [-0.05, 0) is 6.07 Å². The first-order valence-corrected chi connectivity index (χ1v) is 4.18. The predicted octanol–water partition coefficient (Wildman–Crippen LogP) is 2.16. The third kappa shape index (κ3) is 1.68. The van der Waals surface area contributed by atoms with E-state index < -0.39 is 12.3 Å². The molecule has 15 heavy (non-hydrogen) atoms. The van der Waals surface area contributed by atoms with Crippen molar-refractivity contribution in [2.24, 2.45) is 0 Å². The summed E-state index contributed by atoms with van der Waals surface area (Å²) in [7, 11) is 0. The highest BCUT2D eigenvalue weighted by atomic mass is 19.4. The molecule has 0 spiro atoms. The summed E-state index contributed by atoms with van der Waals surface area (Å²) in [6.07, 6.45) is -7.21. The van der Waals surface area contributed by atoms with Gasteiger partial charge in [0.15, 0.2) is 6.10 Å². The molecule has 2 rings (SSSR count). The summed E-state index contributed by atoms with van der Waals surface area (Å²) in [6.45, 7) is 0. The minimum Gasteiger partial charge on any atom is -0.378 e. The van der Waals surface area contributed by atoms with Crippen LogP contribution < -0.4 is 0 Å². The molecule has 0 amide bonds. The molecule has 0 aliphatic heterocycles. The van der Waals surface area contributed by atoms with Gasteiger partial charge in [-0.1, -0.05) is 18.2 Å². The van der Waals surface area contributed by atoms with Crippen LogP contribution in [0.4, 0.5) is 13.2 Å². The Morgan fingerprint density at radius 1 is 1.27 bits per heavy atom. The number of hydrogen-bond donors (Lipinski definition) is 2. The number of H-pyrrole nitrogens is 1. The molecule has 3 nitrogen and oxygen atoms in total. The molecule has 2 aromatic rings. The van der Waals surface area contributed by atoms with Crippen molar-refractivity contribution in [1.29, 1.82) is 0 Å². The summed E-state index contributed by atoms with van der Waals surface area (Å²) in [6, 6.07) is 6.29. The molecule has 0 aliphatic carbocycles. The molecule has 6 heteroatoms. The number of rotatable bonds is 1. The van der Waals surface area contributed by atoms with E-state index in [4.69, 9.17) is 5.11 Å².